The molecule has 0 saturated heterocycles. The van der Waals surface area contributed by atoms with Crippen molar-refractivity contribution in [3.05, 3.63) is 69.4 Å². The Morgan fingerprint density at radius 3 is 2.68 bits per heavy atom. The van der Waals surface area contributed by atoms with E-state index in [-0.39, 0.29) is 11.5 Å². The lowest BCUT2D eigenvalue weighted by Crippen LogP contribution is -2.11. The highest BCUT2D eigenvalue weighted by atomic mass is 16.6. The maximum absolute atomic E-state index is 11.4. The number of aromatic nitrogens is 4. The van der Waals surface area contributed by atoms with Crippen LogP contribution in [0, 0.1) is 30.9 Å². The van der Waals surface area contributed by atoms with Crippen LogP contribution in [0.4, 0.5) is 11.6 Å². The van der Waals surface area contributed by atoms with Crippen molar-refractivity contribution in [2.45, 2.75) is 27.3 Å². The molecular weight excluding hydrogens is 320 g/mol. The average molecular weight is 338 g/mol. The summed E-state index contributed by atoms with van der Waals surface area (Å²) in [6.07, 6.45) is 3.23. The topological polar surface area (TPSA) is 98.8 Å². The van der Waals surface area contributed by atoms with Crippen molar-refractivity contribution in [2.75, 3.05) is 5.32 Å². The molecule has 0 aliphatic carbocycles. The fourth-order valence-electron chi connectivity index (χ4n) is 2.62. The standard InChI is InChI=1S/C17H18N6O2/c1-11-5-4-6-14(9-11)10-19-17-20-12(2)15(23(24)25)16(21-17)22-8-7-18-13(22)3/h4-9H,10H2,1-3H3,(H,19,20,21). The maximum Gasteiger partial charge on any atom is 0.333 e. The lowest BCUT2D eigenvalue weighted by Gasteiger charge is -2.11. The summed E-state index contributed by atoms with van der Waals surface area (Å²) in [5.74, 6) is 1.16. The van der Waals surface area contributed by atoms with Crippen LogP contribution < -0.4 is 5.32 Å². The third kappa shape index (κ3) is 3.47. The van der Waals surface area contributed by atoms with Crippen molar-refractivity contribution in [1.29, 1.82) is 0 Å². The van der Waals surface area contributed by atoms with Crippen molar-refractivity contribution in [1.82, 2.24) is 19.5 Å². The Morgan fingerprint density at radius 2 is 2.04 bits per heavy atom. The maximum atomic E-state index is 11.4. The van der Waals surface area contributed by atoms with Gasteiger partial charge in [0.25, 0.3) is 0 Å². The Bertz CT molecular complexity index is 935. The molecule has 3 rings (SSSR count). The van der Waals surface area contributed by atoms with Gasteiger partial charge in [-0.2, -0.15) is 4.98 Å². The number of nitrogens with one attached hydrogen (secondary N) is 1. The largest absolute Gasteiger partial charge is 0.350 e. The molecule has 0 aliphatic heterocycles. The van der Waals surface area contributed by atoms with Gasteiger partial charge in [0.15, 0.2) is 0 Å². The van der Waals surface area contributed by atoms with Gasteiger partial charge in [-0.1, -0.05) is 29.8 Å². The summed E-state index contributed by atoms with van der Waals surface area (Å²) in [6, 6.07) is 8.07. The molecule has 1 N–H and O–H groups in total. The Kier molecular flexibility index (Phi) is 4.42. The van der Waals surface area contributed by atoms with E-state index in [1.54, 1.807) is 30.8 Å². The fourth-order valence-corrected chi connectivity index (χ4v) is 2.62. The van der Waals surface area contributed by atoms with E-state index in [2.05, 4.69) is 26.3 Å². The van der Waals surface area contributed by atoms with Gasteiger partial charge in [-0.3, -0.25) is 14.7 Å². The average Bonchev–Trinajstić information content (AvgIpc) is 2.98. The van der Waals surface area contributed by atoms with E-state index in [0.717, 1.165) is 11.1 Å². The first-order valence-electron chi connectivity index (χ1n) is 7.78. The summed E-state index contributed by atoms with van der Waals surface area (Å²) < 4.78 is 1.59. The first kappa shape index (κ1) is 16.6. The molecule has 0 fully saturated rings. The molecule has 25 heavy (non-hydrogen) atoms. The minimum atomic E-state index is -0.464. The zero-order valence-corrected chi connectivity index (χ0v) is 14.2. The Morgan fingerprint density at radius 1 is 1.24 bits per heavy atom. The highest BCUT2D eigenvalue weighted by Crippen LogP contribution is 2.26. The van der Waals surface area contributed by atoms with Crippen LogP contribution in [0.1, 0.15) is 22.6 Å². The molecule has 3 aromatic rings. The molecule has 0 bridgehead atoms. The predicted molar refractivity (Wildman–Crippen MR) is 93.8 cm³/mol. The second-order valence-electron chi connectivity index (χ2n) is 5.75. The first-order valence-corrected chi connectivity index (χ1v) is 7.78. The van der Waals surface area contributed by atoms with Crippen LogP contribution in [-0.4, -0.2) is 24.4 Å². The van der Waals surface area contributed by atoms with Crippen LogP contribution in [0.3, 0.4) is 0 Å². The number of imidazole rings is 1. The number of hydrogen-bond acceptors (Lipinski definition) is 6. The van der Waals surface area contributed by atoms with Gasteiger partial charge in [-0.05, 0) is 26.3 Å². The van der Waals surface area contributed by atoms with Gasteiger partial charge in [-0.15, -0.1) is 0 Å². The summed E-state index contributed by atoms with van der Waals surface area (Å²) in [5, 5.41) is 14.6. The van der Waals surface area contributed by atoms with E-state index in [4.69, 9.17) is 0 Å². The van der Waals surface area contributed by atoms with Crippen LogP contribution in [0.15, 0.2) is 36.7 Å². The Hall–Kier alpha value is -3.29. The quantitative estimate of drug-likeness (QED) is 0.567. The molecule has 0 saturated carbocycles. The van der Waals surface area contributed by atoms with Gasteiger partial charge in [-0.25, -0.2) is 9.97 Å². The Balaban J connectivity index is 1.97. The van der Waals surface area contributed by atoms with Crippen molar-refractivity contribution in [3.8, 4) is 5.82 Å². The molecule has 0 unspecified atom stereocenters. The lowest BCUT2D eigenvalue weighted by atomic mass is 10.1. The molecule has 0 radical (unpaired) electrons. The van der Waals surface area contributed by atoms with E-state index in [9.17, 15) is 10.1 Å². The van der Waals surface area contributed by atoms with Crippen LogP contribution in [0.5, 0.6) is 0 Å². The summed E-state index contributed by atoms with van der Waals surface area (Å²) in [5.41, 5.74) is 2.42. The number of rotatable bonds is 5. The second kappa shape index (κ2) is 6.68. The molecule has 0 amide bonds. The monoisotopic (exact) mass is 338 g/mol. The SMILES string of the molecule is Cc1cccc(CNc2nc(C)c([N+](=O)[O-])c(-n3ccnc3C)n2)c1. The van der Waals surface area contributed by atoms with Crippen molar-refractivity contribution in [3.63, 3.8) is 0 Å². The van der Waals surface area contributed by atoms with Gasteiger partial charge >= 0.3 is 5.69 Å². The highest BCUT2D eigenvalue weighted by molar-refractivity contribution is 5.54. The summed E-state index contributed by atoms with van der Waals surface area (Å²) in [4.78, 5) is 23.7. The highest BCUT2D eigenvalue weighted by Gasteiger charge is 2.24. The summed E-state index contributed by atoms with van der Waals surface area (Å²) in [6.45, 7) is 5.92. The minimum absolute atomic E-state index is 0.123. The number of nitro groups is 1. The number of hydrogen-bond donors (Lipinski definition) is 1. The summed E-state index contributed by atoms with van der Waals surface area (Å²) in [7, 11) is 0. The van der Waals surface area contributed by atoms with Crippen molar-refractivity contribution >= 4 is 11.6 Å². The number of anilines is 1. The molecule has 2 heterocycles. The second-order valence-corrected chi connectivity index (χ2v) is 5.75. The van der Waals surface area contributed by atoms with E-state index >= 15 is 0 Å². The van der Waals surface area contributed by atoms with Crippen LogP contribution in [0.2, 0.25) is 0 Å². The van der Waals surface area contributed by atoms with E-state index in [1.807, 2.05) is 25.1 Å². The third-order valence-corrected chi connectivity index (χ3v) is 3.81. The normalized spacial score (nSPS) is 10.7. The molecule has 1 aromatic carbocycles. The molecule has 0 aliphatic rings. The molecule has 0 spiro atoms. The van der Waals surface area contributed by atoms with Crippen LogP contribution >= 0.6 is 0 Å². The van der Waals surface area contributed by atoms with Crippen LogP contribution in [-0.2, 0) is 6.54 Å². The zero-order valence-electron chi connectivity index (χ0n) is 14.2. The molecule has 128 valence electrons. The van der Waals surface area contributed by atoms with Crippen molar-refractivity contribution < 1.29 is 4.92 Å². The predicted octanol–water partition coefficient (Wildman–Crippen LogP) is 3.11. The number of aryl methyl sites for hydroxylation is 3. The van der Waals surface area contributed by atoms with E-state index < -0.39 is 4.92 Å². The van der Waals surface area contributed by atoms with Crippen LogP contribution in [0.25, 0.3) is 5.82 Å². The van der Waals surface area contributed by atoms with Gasteiger partial charge < -0.3 is 5.32 Å². The smallest absolute Gasteiger partial charge is 0.333 e. The van der Waals surface area contributed by atoms with Crippen molar-refractivity contribution in [2.24, 2.45) is 0 Å². The third-order valence-electron chi connectivity index (χ3n) is 3.81. The minimum Gasteiger partial charge on any atom is -0.350 e. The van der Waals surface area contributed by atoms with Gasteiger partial charge in [0, 0.05) is 18.9 Å². The van der Waals surface area contributed by atoms with Gasteiger partial charge in [0.2, 0.25) is 11.8 Å². The lowest BCUT2D eigenvalue weighted by molar-refractivity contribution is -0.385. The first-order chi connectivity index (χ1) is 12.0. The van der Waals surface area contributed by atoms with E-state index in [1.165, 1.54) is 0 Å². The molecule has 8 heteroatoms. The number of benzene rings is 1. The molecular formula is C17H18N6O2. The molecule has 8 nitrogen and oxygen atoms in total. The number of nitrogens with zero attached hydrogens (tertiary/aromatic N) is 5. The Labute approximate surface area is 144 Å². The molecule has 0 atom stereocenters. The fraction of sp³-hybridized carbons (Fsp3) is 0.235. The van der Waals surface area contributed by atoms with Gasteiger partial charge in [0.1, 0.15) is 11.5 Å². The molecule has 2 aromatic heterocycles. The van der Waals surface area contributed by atoms with Gasteiger partial charge in [0.05, 0.1) is 4.92 Å². The summed E-state index contributed by atoms with van der Waals surface area (Å²) >= 11 is 0. The zero-order chi connectivity index (χ0) is 18.0. The van der Waals surface area contributed by atoms with E-state index in [0.29, 0.717) is 24.0 Å².